The minimum Gasteiger partial charge on any atom is -0.471 e. The molecule has 1 aromatic rings. The predicted molar refractivity (Wildman–Crippen MR) is 51.8 cm³/mol. The smallest absolute Gasteiger partial charge is 0.255 e. The fraction of sp³-hybridized carbons (Fsp3) is 0.333. The Morgan fingerprint density at radius 1 is 1.64 bits per heavy atom. The first-order chi connectivity index (χ1) is 6.77. The zero-order chi connectivity index (χ0) is 10.4. The molecule has 1 rings (SSSR count). The van der Waals surface area contributed by atoms with Crippen molar-refractivity contribution in [2.75, 3.05) is 19.0 Å². The second kappa shape index (κ2) is 5.16. The topological polar surface area (TPSA) is 47.0 Å². The van der Waals surface area contributed by atoms with Crippen LogP contribution in [0.5, 0.6) is 5.88 Å². The van der Waals surface area contributed by atoms with Gasteiger partial charge in [-0.15, -0.1) is 0 Å². The van der Waals surface area contributed by atoms with E-state index in [-0.39, 0.29) is 5.88 Å². The van der Waals surface area contributed by atoms with Gasteiger partial charge < -0.3 is 10.1 Å². The standard InChI is InChI=1S/C9H12FN3O/c1-3-4-5-14-8-7(10)6-12-9(11-2)13-8/h3-4,6H,5H2,1-2H3,(H,11,12,13)/b4-3+. The first-order valence-corrected chi connectivity index (χ1v) is 4.22. The first-order valence-electron chi connectivity index (χ1n) is 4.22. The van der Waals surface area contributed by atoms with E-state index in [2.05, 4.69) is 15.3 Å². The number of allylic oxidation sites excluding steroid dienone is 1. The maximum Gasteiger partial charge on any atom is 0.255 e. The van der Waals surface area contributed by atoms with Crippen molar-refractivity contribution in [2.45, 2.75) is 6.92 Å². The third-order valence-electron chi connectivity index (χ3n) is 1.49. The summed E-state index contributed by atoms with van der Waals surface area (Å²) >= 11 is 0. The molecule has 0 unspecified atom stereocenters. The lowest BCUT2D eigenvalue weighted by molar-refractivity contribution is 0.325. The number of nitrogens with one attached hydrogen (secondary N) is 1. The van der Waals surface area contributed by atoms with Gasteiger partial charge in [0.15, 0.2) is 0 Å². The van der Waals surface area contributed by atoms with E-state index in [9.17, 15) is 4.39 Å². The molecule has 1 aromatic heterocycles. The Balaban J connectivity index is 2.73. The molecule has 4 nitrogen and oxygen atoms in total. The molecule has 1 heterocycles. The maximum atomic E-state index is 13.0. The number of aromatic nitrogens is 2. The Morgan fingerprint density at radius 2 is 2.43 bits per heavy atom. The number of anilines is 1. The lowest BCUT2D eigenvalue weighted by atomic mass is 10.5. The van der Waals surface area contributed by atoms with E-state index in [1.807, 2.05) is 13.0 Å². The molecule has 76 valence electrons. The van der Waals surface area contributed by atoms with Crippen molar-refractivity contribution < 1.29 is 9.13 Å². The minimum atomic E-state index is -0.562. The monoisotopic (exact) mass is 197 g/mol. The summed E-state index contributed by atoms with van der Waals surface area (Å²) in [6, 6.07) is 0. The Labute approximate surface area is 81.8 Å². The number of ether oxygens (including phenoxy) is 1. The SMILES string of the molecule is C/C=C/COc1nc(NC)ncc1F. The van der Waals surface area contributed by atoms with Crippen LogP contribution in [0.2, 0.25) is 0 Å². The van der Waals surface area contributed by atoms with Crippen molar-refractivity contribution in [3.05, 3.63) is 24.2 Å². The number of nitrogens with zero attached hydrogens (tertiary/aromatic N) is 2. The van der Waals surface area contributed by atoms with E-state index in [0.717, 1.165) is 6.20 Å². The summed E-state index contributed by atoms with van der Waals surface area (Å²) in [4.78, 5) is 7.50. The third kappa shape index (κ3) is 2.69. The highest BCUT2D eigenvalue weighted by Crippen LogP contribution is 2.13. The molecule has 5 heteroatoms. The van der Waals surface area contributed by atoms with Crippen molar-refractivity contribution in [3.63, 3.8) is 0 Å². The van der Waals surface area contributed by atoms with Gasteiger partial charge in [0.2, 0.25) is 11.8 Å². The maximum absolute atomic E-state index is 13.0. The fourth-order valence-corrected chi connectivity index (χ4v) is 0.796. The van der Waals surface area contributed by atoms with Gasteiger partial charge in [-0.1, -0.05) is 12.2 Å². The largest absolute Gasteiger partial charge is 0.471 e. The van der Waals surface area contributed by atoms with Crippen LogP contribution in [0.1, 0.15) is 6.92 Å². The van der Waals surface area contributed by atoms with Crippen LogP contribution in [0, 0.1) is 5.82 Å². The first kappa shape index (κ1) is 10.4. The van der Waals surface area contributed by atoms with E-state index in [4.69, 9.17) is 4.74 Å². The Bertz CT molecular complexity index is 328. The molecular weight excluding hydrogens is 185 g/mol. The molecule has 0 spiro atoms. The Morgan fingerprint density at radius 3 is 3.07 bits per heavy atom. The highest BCUT2D eigenvalue weighted by atomic mass is 19.1. The molecule has 0 aliphatic heterocycles. The highest BCUT2D eigenvalue weighted by molar-refractivity contribution is 5.27. The summed E-state index contributed by atoms with van der Waals surface area (Å²) in [5.41, 5.74) is 0. The number of halogens is 1. The average Bonchev–Trinajstić information content (AvgIpc) is 2.21. The van der Waals surface area contributed by atoms with Crippen LogP contribution in [0.15, 0.2) is 18.3 Å². The molecule has 0 aromatic carbocycles. The van der Waals surface area contributed by atoms with E-state index in [1.165, 1.54) is 0 Å². The zero-order valence-electron chi connectivity index (χ0n) is 8.12. The Kier molecular flexibility index (Phi) is 3.84. The van der Waals surface area contributed by atoms with Crippen LogP contribution in [0.25, 0.3) is 0 Å². The van der Waals surface area contributed by atoms with Gasteiger partial charge in [0.1, 0.15) is 6.61 Å². The summed E-state index contributed by atoms with van der Waals surface area (Å²) in [5.74, 6) is -0.266. The second-order valence-corrected chi connectivity index (χ2v) is 2.48. The van der Waals surface area contributed by atoms with Crippen LogP contribution in [0.3, 0.4) is 0 Å². The van der Waals surface area contributed by atoms with Gasteiger partial charge in [0.05, 0.1) is 6.20 Å². The average molecular weight is 197 g/mol. The van der Waals surface area contributed by atoms with Crippen LogP contribution < -0.4 is 10.1 Å². The molecule has 0 bridgehead atoms. The highest BCUT2D eigenvalue weighted by Gasteiger charge is 2.06. The van der Waals surface area contributed by atoms with Gasteiger partial charge in [-0.25, -0.2) is 4.98 Å². The summed E-state index contributed by atoms with van der Waals surface area (Å²) in [6.07, 6.45) is 4.66. The molecule has 14 heavy (non-hydrogen) atoms. The summed E-state index contributed by atoms with van der Waals surface area (Å²) in [6.45, 7) is 2.16. The summed E-state index contributed by atoms with van der Waals surface area (Å²) < 4.78 is 18.1. The van der Waals surface area contributed by atoms with Crippen LogP contribution >= 0.6 is 0 Å². The van der Waals surface area contributed by atoms with Gasteiger partial charge in [0.25, 0.3) is 5.88 Å². The van der Waals surface area contributed by atoms with E-state index in [1.54, 1.807) is 13.1 Å². The van der Waals surface area contributed by atoms with Gasteiger partial charge in [-0.2, -0.15) is 9.37 Å². The zero-order valence-corrected chi connectivity index (χ0v) is 8.12. The lowest BCUT2D eigenvalue weighted by Crippen LogP contribution is -2.03. The fourth-order valence-electron chi connectivity index (χ4n) is 0.796. The molecule has 0 saturated carbocycles. The van der Waals surface area contributed by atoms with Gasteiger partial charge >= 0.3 is 0 Å². The Hall–Kier alpha value is -1.65. The molecule has 0 amide bonds. The lowest BCUT2D eigenvalue weighted by Gasteiger charge is -2.04. The van der Waals surface area contributed by atoms with E-state index >= 15 is 0 Å². The van der Waals surface area contributed by atoms with Crippen molar-refractivity contribution in [1.29, 1.82) is 0 Å². The van der Waals surface area contributed by atoms with Crippen LogP contribution in [-0.2, 0) is 0 Å². The van der Waals surface area contributed by atoms with Gasteiger partial charge in [0, 0.05) is 7.05 Å². The molecule has 1 N–H and O–H groups in total. The molecule has 0 radical (unpaired) electrons. The minimum absolute atomic E-state index is 0.0394. The quantitative estimate of drug-likeness (QED) is 0.745. The molecule has 0 fully saturated rings. The van der Waals surface area contributed by atoms with Crippen molar-refractivity contribution in [3.8, 4) is 5.88 Å². The summed E-state index contributed by atoms with van der Waals surface area (Å²) in [7, 11) is 1.66. The van der Waals surface area contributed by atoms with Crippen molar-refractivity contribution >= 4 is 5.95 Å². The van der Waals surface area contributed by atoms with Crippen LogP contribution in [0.4, 0.5) is 10.3 Å². The van der Waals surface area contributed by atoms with Gasteiger partial charge in [-0.05, 0) is 6.92 Å². The van der Waals surface area contributed by atoms with E-state index < -0.39 is 5.82 Å². The number of hydrogen-bond acceptors (Lipinski definition) is 4. The third-order valence-corrected chi connectivity index (χ3v) is 1.49. The molecule has 0 saturated heterocycles. The molecular formula is C9H12FN3O. The predicted octanol–water partition coefficient (Wildman–Crippen LogP) is 1.61. The van der Waals surface area contributed by atoms with Crippen molar-refractivity contribution in [2.24, 2.45) is 0 Å². The van der Waals surface area contributed by atoms with Gasteiger partial charge in [-0.3, -0.25) is 0 Å². The summed E-state index contributed by atoms with van der Waals surface area (Å²) in [5, 5.41) is 2.70. The number of rotatable bonds is 4. The second-order valence-electron chi connectivity index (χ2n) is 2.48. The molecule has 0 atom stereocenters. The normalized spacial score (nSPS) is 10.5. The molecule has 0 aliphatic rings. The number of hydrogen-bond donors (Lipinski definition) is 1. The van der Waals surface area contributed by atoms with Crippen LogP contribution in [-0.4, -0.2) is 23.6 Å². The van der Waals surface area contributed by atoms with Crippen molar-refractivity contribution in [1.82, 2.24) is 9.97 Å². The molecule has 0 aliphatic carbocycles. The van der Waals surface area contributed by atoms with E-state index in [0.29, 0.717) is 12.6 Å².